The summed E-state index contributed by atoms with van der Waals surface area (Å²) in [5.74, 6) is -1.34. The van der Waals surface area contributed by atoms with Crippen LogP contribution in [0.2, 0.25) is 0 Å². The maximum absolute atomic E-state index is 12.3. The predicted molar refractivity (Wildman–Crippen MR) is 112 cm³/mol. The van der Waals surface area contributed by atoms with E-state index >= 15 is 0 Å². The summed E-state index contributed by atoms with van der Waals surface area (Å²) in [5.41, 5.74) is 2.22. The molecule has 0 bridgehead atoms. The summed E-state index contributed by atoms with van der Waals surface area (Å²) in [6.07, 6.45) is 3.25. The van der Waals surface area contributed by atoms with Crippen LogP contribution in [0.3, 0.4) is 0 Å². The maximum atomic E-state index is 12.3. The second-order valence-electron chi connectivity index (χ2n) is 5.52. The number of aromatic nitrogens is 3. The summed E-state index contributed by atoms with van der Waals surface area (Å²) < 4.78 is 6.08. The highest BCUT2D eigenvalue weighted by Crippen LogP contribution is 2.32. The van der Waals surface area contributed by atoms with E-state index in [0.29, 0.717) is 15.9 Å². The summed E-state index contributed by atoms with van der Waals surface area (Å²) in [5, 5.41) is 12.8. The molecular formula is C19H15BrN4O2S2. The smallest absolute Gasteiger partial charge is 0.341 e. The molecule has 2 heterocycles. The number of thiazole rings is 1. The molecule has 0 aliphatic rings. The maximum Gasteiger partial charge on any atom is 0.341 e. The van der Waals surface area contributed by atoms with E-state index in [2.05, 4.69) is 37.0 Å². The molecule has 0 unspecified atom stereocenters. The summed E-state index contributed by atoms with van der Waals surface area (Å²) in [4.78, 5) is 25.5. The lowest BCUT2D eigenvalue weighted by Gasteiger charge is -2.11. The summed E-state index contributed by atoms with van der Waals surface area (Å²) in [6.45, 7) is 1.95. The van der Waals surface area contributed by atoms with Crippen molar-refractivity contribution in [3.63, 3.8) is 0 Å². The molecule has 0 saturated carbocycles. The lowest BCUT2D eigenvalue weighted by molar-refractivity contribution is 0.0523. The zero-order valence-corrected chi connectivity index (χ0v) is 18.3. The van der Waals surface area contributed by atoms with Gasteiger partial charge in [0.05, 0.1) is 24.1 Å². The Balaban J connectivity index is 2.03. The first-order chi connectivity index (χ1) is 13.6. The molecule has 0 spiro atoms. The molecule has 2 aromatic heterocycles. The second kappa shape index (κ2) is 9.28. The molecule has 0 aliphatic carbocycles. The van der Waals surface area contributed by atoms with Crippen LogP contribution in [-0.4, -0.2) is 33.8 Å². The van der Waals surface area contributed by atoms with Gasteiger partial charge in [-0.1, -0.05) is 39.8 Å². The minimum absolute atomic E-state index is 0.187. The zero-order valence-electron chi connectivity index (χ0n) is 15.0. The quantitative estimate of drug-likeness (QED) is 0.284. The van der Waals surface area contributed by atoms with Gasteiger partial charge in [0, 0.05) is 21.6 Å². The third-order valence-corrected chi connectivity index (χ3v) is 5.79. The molecule has 0 fully saturated rings. The van der Waals surface area contributed by atoms with Crippen molar-refractivity contribution < 1.29 is 9.53 Å². The molecule has 3 aromatic rings. The molecule has 0 amide bonds. The summed E-state index contributed by atoms with van der Waals surface area (Å²) >= 11 is 6.11. The first-order valence-electron chi connectivity index (χ1n) is 8.26. The van der Waals surface area contributed by atoms with E-state index in [0.717, 1.165) is 15.7 Å². The normalized spacial score (nSPS) is 11.6. The molecule has 1 atom stereocenters. The van der Waals surface area contributed by atoms with E-state index in [1.807, 2.05) is 35.9 Å². The number of nitrogens with zero attached hydrogens (tertiary/aromatic N) is 4. The van der Waals surface area contributed by atoms with Crippen LogP contribution in [-0.2, 0) is 4.74 Å². The lowest BCUT2D eigenvalue weighted by Crippen LogP contribution is -2.14. The van der Waals surface area contributed by atoms with Gasteiger partial charge in [-0.25, -0.2) is 19.7 Å². The Kier molecular flexibility index (Phi) is 6.78. The van der Waals surface area contributed by atoms with Crippen molar-refractivity contribution in [3.8, 4) is 17.3 Å². The average Bonchev–Trinajstić information content (AvgIpc) is 3.19. The van der Waals surface area contributed by atoms with Crippen molar-refractivity contribution in [1.82, 2.24) is 15.0 Å². The van der Waals surface area contributed by atoms with Crippen LogP contribution in [0.25, 0.3) is 11.3 Å². The molecule has 1 aromatic carbocycles. The van der Waals surface area contributed by atoms with E-state index in [-0.39, 0.29) is 12.2 Å². The Morgan fingerprint density at radius 1 is 1.36 bits per heavy atom. The van der Waals surface area contributed by atoms with Gasteiger partial charge >= 0.3 is 5.97 Å². The number of ether oxygens (including phenoxy) is 1. The number of nitriles is 1. The topological polar surface area (TPSA) is 88.8 Å². The van der Waals surface area contributed by atoms with E-state index < -0.39 is 11.9 Å². The fourth-order valence-corrected chi connectivity index (χ4v) is 3.95. The minimum Gasteiger partial charge on any atom is -0.462 e. The summed E-state index contributed by atoms with van der Waals surface area (Å²) in [7, 11) is 0. The third kappa shape index (κ3) is 4.41. The molecule has 9 heteroatoms. The Labute approximate surface area is 179 Å². The van der Waals surface area contributed by atoms with Crippen LogP contribution >= 0.6 is 39.0 Å². The molecule has 28 heavy (non-hydrogen) atoms. The fraction of sp³-hybridized carbons (Fsp3) is 0.211. The largest absolute Gasteiger partial charge is 0.462 e. The van der Waals surface area contributed by atoms with Gasteiger partial charge in [0.15, 0.2) is 5.16 Å². The number of rotatable bonds is 6. The Hall–Kier alpha value is -2.28. The van der Waals surface area contributed by atoms with E-state index in [1.165, 1.54) is 29.3 Å². The highest BCUT2D eigenvalue weighted by molar-refractivity contribution is 9.10. The van der Waals surface area contributed by atoms with Crippen molar-refractivity contribution >= 4 is 45.0 Å². The molecule has 0 aliphatic heterocycles. The van der Waals surface area contributed by atoms with E-state index in [4.69, 9.17) is 4.74 Å². The molecular weight excluding hydrogens is 460 g/mol. The molecule has 6 nitrogen and oxygen atoms in total. The van der Waals surface area contributed by atoms with Gasteiger partial charge in [0.25, 0.3) is 0 Å². The number of carbonyl (C=O) groups is 1. The number of hydrogen-bond donors (Lipinski definition) is 0. The number of halogens is 1. The predicted octanol–water partition coefficient (Wildman–Crippen LogP) is 4.92. The SMILES string of the molecule is CCOC(=O)c1cnc(SC)nc1[C@H](C#N)c1nc(-c2ccc(Br)cc2)cs1. The van der Waals surface area contributed by atoms with Crippen molar-refractivity contribution in [2.75, 3.05) is 12.9 Å². The second-order valence-corrected chi connectivity index (χ2v) is 8.09. The van der Waals surface area contributed by atoms with Crippen LogP contribution in [0.15, 0.2) is 45.5 Å². The minimum atomic E-state index is -0.789. The number of hydrogen-bond acceptors (Lipinski definition) is 8. The molecule has 3 rings (SSSR count). The standard InChI is InChI=1S/C19H15BrN4O2S2/c1-3-26-18(25)14-9-22-19(27-2)24-16(14)13(8-21)17-23-15(10-28-17)11-4-6-12(20)7-5-11/h4-7,9-10,13H,3H2,1-2H3/t13-/m0/s1. The van der Waals surface area contributed by atoms with Crippen molar-refractivity contribution in [1.29, 1.82) is 5.26 Å². The van der Waals surface area contributed by atoms with E-state index in [1.54, 1.807) is 6.92 Å². The molecule has 0 radical (unpaired) electrons. The number of thioether (sulfide) groups is 1. The van der Waals surface area contributed by atoms with Crippen LogP contribution in [0.5, 0.6) is 0 Å². The Morgan fingerprint density at radius 2 is 2.11 bits per heavy atom. The van der Waals surface area contributed by atoms with Gasteiger partial charge in [-0.05, 0) is 25.3 Å². The fourth-order valence-electron chi connectivity index (χ4n) is 2.47. The van der Waals surface area contributed by atoms with Crippen LogP contribution in [0.4, 0.5) is 0 Å². The number of esters is 1. The number of benzene rings is 1. The Morgan fingerprint density at radius 3 is 2.75 bits per heavy atom. The van der Waals surface area contributed by atoms with Crippen molar-refractivity contribution in [2.24, 2.45) is 0 Å². The van der Waals surface area contributed by atoms with Crippen molar-refractivity contribution in [2.45, 2.75) is 18.0 Å². The van der Waals surface area contributed by atoms with Crippen LogP contribution in [0, 0.1) is 11.3 Å². The van der Waals surface area contributed by atoms with Gasteiger partial charge in [-0.2, -0.15) is 5.26 Å². The molecule has 0 N–H and O–H groups in total. The highest BCUT2D eigenvalue weighted by atomic mass is 79.9. The average molecular weight is 475 g/mol. The first kappa shape index (κ1) is 20.5. The van der Waals surface area contributed by atoms with Gasteiger partial charge in [0.2, 0.25) is 0 Å². The monoisotopic (exact) mass is 474 g/mol. The molecule has 0 saturated heterocycles. The highest BCUT2D eigenvalue weighted by Gasteiger charge is 2.27. The summed E-state index contributed by atoms with van der Waals surface area (Å²) in [6, 6.07) is 10.00. The van der Waals surface area contributed by atoms with Gasteiger partial charge < -0.3 is 4.74 Å². The van der Waals surface area contributed by atoms with Crippen LogP contribution in [0.1, 0.15) is 33.9 Å². The van der Waals surface area contributed by atoms with Gasteiger partial charge in [-0.3, -0.25) is 0 Å². The van der Waals surface area contributed by atoms with Gasteiger partial charge in [0.1, 0.15) is 16.5 Å². The van der Waals surface area contributed by atoms with Gasteiger partial charge in [-0.15, -0.1) is 11.3 Å². The van der Waals surface area contributed by atoms with E-state index in [9.17, 15) is 10.1 Å². The Bertz CT molecular complexity index is 1030. The number of carbonyl (C=O) groups excluding carboxylic acids is 1. The first-order valence-corrected chi connectivity index (χ1v) is 11.2. The zero-order chi connectivity index (χ0) is 20.1. The van der Waals surface area contributed by atoms with Crippen LogP contribution < -0.4 is 0 Å². The molecule has 142 valence electrons. The van der Waals surface area contributed by atoms with Crippen molar-refractivity contribution in [3.05, 3.63) is 56.6 Å². The third-order valence-electron chi connectivity index (χ3n) is 3.79. The lowest BCUT2D eigenvalue weighted by atomic mass is 10.0.